The van der Waals surface area contributed by atoms with Gasteiger partial charge < -0.3 is 5.73 Å². The summed E-state index contributed by atoms with van der Waals surface area (Å²) < 4.78 is 34.9. The zero-order valence-corrected chi connectivity index (χ0v) is 16.2. The van der Waals surface area contributed by atoms with E-state index in [1.54, 1.807) is 23.7 Å². The Hall–Kier alpha value is -3.09. The van der Waals surface area contributed by atoms with Crippen LogP contribution in [0.25, 0.3) is 21.7 Å². The lowest BCUT2D eigenvalue weighted by molar-refractivity contribution is 0.489. The molecule has 0 radical (unpaired) electrons. The van der Waals surface area contributed by atoms with Gasteiger partial charge >= 0.3 is 10.3 Å². The number of nitrogen functional groups attached to an aromatic ring is 1. The average molecular weight is 417 g/mol. The van der Waals surface area contributed by atoms with Gasteiger partial charge in [-0.3, -0.25) is 9.27 Å². The van der Waals surface area contributed by atoms with Crippen molar-refractivity contribution in [2.24, 2.45) is 0 Å². The third-order valence-corrected chi connectivity index (χ3v) is 5.36. The van der Waals surface area contributed by atoms with Gasteiger partial charge in [0.15, 0.2) is 11.2 Å². The molecule has 12 heteroatoms. The van der Waals surface area contributed by atoms with E-state index in [0.29, 0.717) is 22.4 Å². The summed E-state index contributed by atoms with van der Waals surface area (Å²) in [5.41, 5.74) is 9.16. The number of aryl methyl sites for hydroxylation is 1. The van der Waals surface area contributed by atoms with Crippen molar-refractivity contribution in [3.05, 3.63) is 46.8 Å². The van der Waals surface area contributed by atoms with Gasteiger partial charge in [-0.1, -0.05) is 23.4 Å². The third-order valence-electron chi connectivity index (χ3n) is 4.01. The maximum atomic E-state index is 11.1. The molecule has 0 saturated carbocycles. The van der Waals surface area contributed by atoms with Crippen LogP contribution in [-0.2, 0) is 16.8 Å². The Labute approximate surface area is 163 Å². The Morgan fingerprint density at radius 1 is 1.29 bits per heavy atom. The fourth-order valence-electron chi connectivity index (χ4n) is 2.75. The van der Waals surface area contributed by atoms with Crippen LogP contribution in [0.4, 0.5) is 11.6 Å². The van der Waals surface area contributed by atoms with E-state index in [4.69, 9.17) is 10.3 Å². The van der Waals surface area contributed by atoms with Crippen molar-refractivity contribution in [3.8, 4) is 10.6 Å². The normalized spacial score (nSPS) is 11.8. The molecule has 28 heavy (non-hydrogen) atoms. The molecule has 0 spiro atoms. The molecule has 144 valence electrons. The second-order valence-corrected chi connectivity index (χ2v) is 8.16. The quantitative estimate of drug-likeness (QED) is 0.418. The molecular weight excluding hydrogens is 402 g/mol. The fourth-order valence-corrected chi connectivity index (χ4v) is 3.97. The number of aromatic nitrogens is 5. The first-order valence-corrected chi connectivity index (χ1v) is 10.4. The summed E-state index contributed by atoms with van der Waals surface area (Å²) >= 11 is 1.51. The van der Waals surface area contributed by atoms with Crippen molar-refractivity contribution >= 4 is 44.4 Å². The number of nitrogens with two attached hydrogens (primary N) is 1. The smallest absolute Gasteiger partial charge is 0.357 e. The van der Waals surface area contributed by atoms with E-state index in [-0.39, 0.29) is 18.2 Å². The minimum Gasteiger partial charge on any atom is -0.368 e. The molecule has 0 saturated heterocycles. The summed E-state index contributed by atoms with van der Waals surface area (Å²) in [7, 11) is -4.37. The highest BCUT2D eigenvalue weighted by Gasteiger charge is 2.16. The number of fused-ring (bicyclic) bond motifs is 1. The summed E-state index contributed by atoms with van der Waals surface area (Å²) in [6.45, 7) is 2.00. The van der Waals surface area contributed by atoms with Gasteiger partial charge in [0.25, 0.3) is 0 Å². The Kier molecular flexibility index (Phi) is 4.45. The third kappa shape index (κ3) is 3.65. The summed E-state index contributed by atoms with van der Waals surface area (Å²) in [4.78, 5) is 9.45. The first-order chi connectivity index (χ1) is 13.3. The summed E-state index contributed by atoms with van der Waals surface area (Å²) in [5.74, 6) is 0.108. The Balaban J connectivity index is 1.74. The van der Waals surface area contributed by atoms with Gasteiger partial charge in [-0.15, -0.1) is 16.4 Å². The monoisotopic (exact) mass is 417 g/mol. The van der Waals surface area contributed by atoms with Gasteiger partial charge in [-0.05, 0) is 35.6 Å². The van der Waals surface area contributed by atoms with Crippen LogP contribution >= 0.6 is 11.3 Å². The van der Waals surface area contributed by atoms with Crippen LogP contribution in [0.15, 0.2) is 35.7 Å². The number of benzene rings is 1. The molecule has 0 aliphatic carbocycles. The zero-order chi connectivity index (χ0) is 19.9. The van der Waals surface area contributed by atoms with Crippen molar-refractivity contribution in [2.45, 2.75) is 13.5 Å². The van der Waals surface area contributed by atoms with Gasteiger partial charge in [-0.2, -0.15) is 13.4 Å². The summed E-state index contributed by atoms with van der Waals surface area (Å²) in [5, 5.41) is 10.3. The first kappa shape index (κ1) is 18.3. The van der Waals surface area contributed by atoms with Crippen LogP contribution in [0.1, 0.15) is 11.1 Å². The Morgan fingerprint density at radius 3 is 2.82 bits per heavy atom. The highest BCUT2D eigenvalue weighted by molar-refractivity contribution is 7.87. The minimum atomic E-state index is -4.37. The molecule has 0 aliphatic rings. The fraction of sp³-hybridized carbons (Fsp3) is 0.125. The lowest BCUT2D eigenvalue weighted by atomic mass is 10.1. The number of nitrogens with zero attached hydrogens (tertiary/aromatic N) is 5. The largest absolute Gasteiger partial charge is 0.368 e. The number of anilines is 2. The molecule has 0 unspecified atom stereocenters. The second-order valence-electron chi connectivity index (χ2n) is 6.05. The number of nitrogens with one attached hydrogen (secondary N) is 1. The Bertz CT molecular complexity index is 1270. The molecule has 1 aromatic carbocycles. The highest BCUT2D eigenvalue weighted by Crippen LogP contribution is 2.29. The predicted octanol–water partition coefficient (Wildman–Crippen LogP) is 2.10. The van der Waals surface area contributed by atoms with Crippen LogP contribution < -0.4 is 10.5 Å². The summed E-state index contributed by atoms with van der Waals surface area (Å²) in [6.07, 6.45) is 0. The van der Waals surface area contributed by atoms with Gasteiger partial charge in [0.05, 0.1) is 17.1 Å². The van der Waals surface area contributed by atoms with Crippen LogP contribution in [0.2, 0.25) is 0 Å². The Morgan fingerprint density at radius 2 is 2.11 bits per heavy atom. The maximum absolute atomic E-state index is 11.1. The van der Waals surface area contributed by atoms with Crippen LogP contribution in [0.5, 0.6) is 0 Å². The molecule has 0 aliphatic heterocycles. The molecule has 0 fully saturated rings. The van der Waals surface area contributed by atoms with E-state index >= 15 is 0 Å². The second kappa shape index (κ2) is 6.82. The van der Waals surface area contributed by atoms with E-state index in [9.17, 15) is 8.42 Å². The molecule has 0 bridgehead atoms. The number of hydrogen-bond acceptors (Lipinski definition) is 8. The van der Waals surface area contributed by atoms with Crippen LogP contribution in [0.3, 0.4) is 0 Å². The van der Waals surface area contributed by atoms with Crippen molar-refractivity contribution in [1.82, 2.24) is 25.0 Å². The van der Waals surface area contributed by atoms with Crippen molar-refractivity contribution < 1.29 is 13.0 Å². The first-order valence-electron chi connectivity index (χ1n) is 8.05. The average Bonchev–Trinajstić information content (AvgIpc) is 3.27. The van der Waals surface area contributed by atoms with E-state index in [1.807, 2.05) is 23.6 Å². The number of thiophene rings is 1. The van der Waals surface area contributed by atoms with Crippen LogP contribution in [0, 0.1) is 6.92 Å². The number of hydrogen-bond donors (Lipinski definition) is 3. The standard InChI is InChI=1S/C16H15N7O3S2/c1-9-4-5-10(7-11(9)21-28(24,25)26)8-23-15-14(20-22-23)13(18-16(17)19-15)12-3-2-6-27-12/h2-7,21H,8H2,1H3,(H2,17,18,19)(H,24,25,26). The van der Waals surface area contributed by atoms with Crippen LogP contribution in [-0.4, -0.2) is 37.9 Å². The van der Waals surface area contributed by atoms with E-state index in [0.717, 1.165) is 10.4 Å². The van der Waals surface area contributed by atoms with Gasteiger partial charge in [0, 0.05) is 0 Å². The summed E-state index contributed by atoms with van der Waals surface area (Å²) in [6, 6.07) is 9.00. The van der Waals surface area contributed by atoms with E-state index in [1.165, 1.54) is 11.3 Å². The molecule has 4 aromatic rings. The molecule has 3 heterocycles. The molecule has 3 aromatic heterocycles. The topological polar surface area (TPSA) is 149 Å². The number of rotatable bonds is 5. The van der Waals surface area contributed by atoms with Gasteiger partial charge in [0.2, 0.25) is 5.95 Å². The van der Waals surface area contributed by atoms with Gasteiger partial charge in [-0.25, -0.2) is 9.67 Å². The van der Waals surface area contributed by atoms with E-state index < -0.39 is 10.3 Å². The lowest BCUT2D eigenvalue weighted by Gasteiger charge is -2.09. The lowest BCUT2D eigenvalue weighted by Crippen LogP contribution is -2.12. The maximum Gasteiger partial charge on any atom is 0.357 e. The molecule has 4 N–H and O–H groups in total. The molecule has 10 nitrogen and oxygen atoms in total. The van der Waals surface area contributed by atoms with Gasteiger partial charge in [0.1, 0.15) is 5.69 Å². The van der Waals surface area contributed by atoms with Crippen molar-refractivity contribution in [3.63, 3.8) is 0 Å². The minimum absolute atomic E-state index is 0.108. The molecular formula is C16H15N7O3S2. The van der Waals surface area contributed by atoms with E-state index in [2.05, 4.69) is 25.0 Å². The van der Waals surface area contributed by atoms with Crippen molar-refractivity contribution in [1.29, 1.82) is 0 Å². The SMILES string of the molecule is Cc1ccc(Cn2nnc3c(-c4cccs4)nc(N)nc32)cc1NS(=O)(=O)O. The molecule has 0 amide bonds. The molecule has 4 rings (SSSR count). The predicted molar refractivity (Wildman–Crippen MR) is 106 cm³/mol. The zero-order valence-electron chi connectivity index (χ0n) is 14.6. The van der Waals surface area contributed by atoms with Crippen molar-refractivity contribution in [2.75, 3.05) is 10.5 Å². The molecule has 0 atom stereocenters. The highest BCUT2D eigenvalue weighted by atomic mass is 32.2.